The van der Waals surface area contributed by atoms with Crippen molar-refractivity contribution in [2.75, 3.05) is 26.2 Å². The first-order valence-corrected chi connectivity index (χ1v) is 7.55. The number of nitrogens with one attached hydrogen (secondary N) is 1. The number of amides is 2. The lowest BCUT2D eigenvalue weighted by atomic mass is 10.1. The van der Waals surface area contributed by atoms with Crippen LogP contribution in [-0.4, -0.2) is 59.2 Å². The first-order valence-electron chi connectivity index (χ1n) is 7.55. The van der Waals surface area contributed by atoms with Gasteiger partial charge < -0.3 is 10.2 Å². The molecule has 0 bridgehead atoms. The molecule has 1 aromatic rings. The van der Waals surface area contributed by atoms with Crippen molar-refractivity contribution >= 4 is 6.03 Å². The molecule has 1 N–H and O–H groups in total. The summed E-state index contributed by atoms with van der Waals surface area (Å²) in [6, 6.07) is 1.70. The van der Waals surface area contributed by atoms with E-state index in [4.69, 9.17) is 0 Å². The highest BCUT2D eigenvalue weighted by molar-refractivity contribution is 5.74. The van der Waals surface area contributed by atoms with Crippen LogP contribution in [-0.2, 0) is 0 Å². The standard InChI is InChI=1S/C15H21F3N4O/c1-11(13-4-3-5-19-10-13)20-14(23)22-8-6-21(7-9-22)12(2)15(16,17)18/h3-5,10-12H,6-9H2,1-2H3,(H,20,23)/t11-,12-/m1/s1. The second kappa shape index (κ2) is 7.16. The van der Waals surface area contributed by atoms with Gasteiger partial charge in [-0.2, -0.15) is 13.2 Å². The number of alkyl halides is 3. The largest absolute Gasteiger partial charge is 0.403 e. The van der Waals surface area contributed by atoms with Crippen LogP contribution in [0.5, 0.6) is 0 Å². The number of nitrogens with zero attached hydrogens (tertiary/aromatic N) is 3. The van der Waals surface area contributed by atoms with E-state index in [1.165, 1.54) is 4.90 Å². The Morgan fingerprint density at radius 3 is 2.43 bits per heavy atom. The molecule has 23 heavy (non-hydrogen) atoms. The van der Waals surface area contributed by atoms with E-state index in [1.54, 1.807) is 23.4 Å². The number of urea groups is 1. The Bertz CT molecular complexity index is 515. The van der Waals surface area contributed by atoms with E-state index in [0.29, 0.717) is 0 Å². The highest BCUT2D eigenvalue weighted by atomic mass is 19.4. The molecule has 1 saturated heterocycles. The molecule has 2 amide bonds. The average Bonchev–Trinajstić information content (AvgIpc) is 2.54. The zero-order valence-corrected chi connectivity index (χ0v) is 13.2. The van der Waals surface area contributed by atoms with Crippen molar-refractivity contribution in [1.29, 1.82) is 0 Å². The molecule has 0 spiro atoms. The predicted molar refractivity (Wildman–Crippen MR) is 79.8 cm³/mol. The van der Waals surface area contributed by atoms with Gasteiger partial charge in [-0.3, -0.25) is 9.88 Å². The molecule has 1 aromatic heterocycles. The molecule has 1 aliphatic heterocycles. The fourth-order valence-corrected chi connectivity index (χ4v) is 2.51. The smallest absolute Gasteiger partial charge is 0.331 e. The molecule has 0 unspecified atom stereocenters. The fourth-order valence-electron chi connectivity index (χ4n) is 2.51. The third-order valence-electron chi connectivity index (χ3n) is 4.15. The molecule has 2 atom stereocenters. The third kappa shape index (κ3) is 4.57. The Morgan fingerprint density at radius 2 is 1.91 bits per heavy atom. The van der Waals surface area contributed by atoms with Gasteiger partial charge in [0.1, 0.15) is 6.04 Å². The Kier molecular flexibility index (Phi) is 5.46. The van der Waals surface area contributed by atoms with Crippen molar-refractivity contribution in [2.45, 2.75) is 32.1 Å². The number of rotatable bonds is 3. The van der Waals surface area contributed by atoms with E-state index in [2.05, 4.69) is 10.3 Å². The molecular formula is C15H21F3N4O. The summed E-state index contributed by atoms with van der Waals surface area (Å²) in [6.07, 6.45) is -0.910. The summed E-state index contributed by atoms with van der Waals surface area (Å²) >= 11 is 0. The van der Waals surface area contributed by atoms with Gasteiger partial charge in [-0.1, -0.05) is 6.07 Å². The van der Waals surface area contributed by atoms with Crippen LogP contribution in [0, 0.1) is 0 Å². The lowest BCUT2D eigenvalue weighted by Crippen LogP contribution is -2.56. The van der Waals surface area contributed by atoms with Gasteiger partial charge >= 0.3 is 12.2 Å². The van der Waals surface area contributed by atoms with Crippen molar-refractivity contribution in [3.8, 4) is 0 Å². The van der Waals surface area contributed by atoms with Crippen molar-refractivity contribution in [3.05, 3.63) is 30.1 Å². The van der Waals surface area contributed by atoms with Crippen molar-refractivity contribution in [1.82, 2.24) is 20.1 Å². The summed E-state index contributed by atoms with van der Waals surface area (Å²) in [5.41, 5.74) is 0.880. The number of halogens is 3. The number of aromatic nitrogens is 1. The van der Waals surface area contributed by atoms with E-state index in [1.807, 2.05) is 13.0 Å². The number of carbonyl (C=O) groups is 1. The van der Waals surface area contributed by atoms with Crippen molar-refractivity contribution in [2.24, 2.45) is 0 Å². The summed E-state index contributed by atoms with van der Waals surface area (Å²) < 4.78 is 38.1. The first kappa shape index (κ1) is 17.5. The molecule has 0 aliphatic carbocycles. The summed E-state index contributed by atoms with van der Waals surface area (Å²) in [6.45, 7) is 4.00. The van der Waals surface area contributed by atoms with Crippen molar-refractivity contribution < 1.29 is 18.0 Å². The fraction of sp³-hybridized carbons (Fsp3) is 0.600. The molecule has 128 valence electrons. The van der Waals surface area contributed by atoms with E-state index < -0.39 is 12.2 Å². The normalized spacial score (nSPS) is 19.3. The number of piperazine rings is 1. The monoisotopic (exact) mass is 330 g/mol. The molecule has 0 aromatic carbocycles. The summed E-state index contributed by atoms with van der Waals surface area (Å²) in [5.74, 6) is 0. The zero-order valence-electron chi connectivity index (χ0n) is 13.2. The number of hydrogen-bond donors (Lipinski definition) is 1. The van der Waals surface area contributed by atoms with Gasteiger partial charge in [0.25, 0.3) is 0 Å². The Morgan fingerprint density at radius 1 is 1.26 bits per heavy atom. The highest BCUT2D eigenvalue weighted by Crippen LogP contribution is 2.25. The molecule has 1 aliphatic rings. The quantitative estimate of drug-likeness (QED) is 0.926. The Balaban J connectivity index is 1.84. The van der Waals surface area contributed by atoms with Gasteiger partial charge in [-0.15, -0.1) is 0 Å². The molecule has 2 rings (SSSR count). The van der Waals surface area contributed by atoms with Crippen LogP contribution in [0.25, 0.3) is 0 Å². The minimum absolute atomic E-state index is 0.205. The molecule has 0 radical (unpaired) electrons. The molecule has 1 fully saturated rings. The maximum Gasteiger partial charge on any atom is 0.403 e. The summed E-state index contributed by atoms with van der Waals surface area (Å²) in [5, 5.41) is 2.85. The summed E-state index contributed by atoms with van der Waals surface area (Å²) in [4.78, 5) is 19.1. The zero-order chi connectivity index (χ0) is 17.0. The maximum atomic E-state index is 12.7. The van der Waals surface area contributed by atoms with Crippen molar-refractivity contribution in [3.63, 3.8) is 0 Å². The Hall–Kier alpha value is -1.83. The average molecular weight is 330 g/mol. The predicted octanol–water partition coefficient (Wildman–Crippen LogP) is 2.42. The molecular weight excluding hydrogens is 309 g/mol. The SMILES string of the molecule is C[C@@H](NC(=O)N1CCN([C@H](C)C(F)(F)F)CC1)c1cccnc1. The number of carbonyl (C=O) groups excluding carboxylic acids is 1. The van der Waals surface area contributed by atoms with E-state index in [9.17, 15) is 18.0 Å². The van der Waals surface area contributed by atoms with Crippen LogP contribution in [0.2, 0.25) is 0 Å². The van der Waals surface area contributed by atoms with Crippen LogP contribution in [0.15, 0.2) is 24.5 Å². The number of pyridine rings is 1. The van der Waals surface area contributed by atoms with Gasteiger partial charge in [0.05, 0.1) is 6.04 Å². The molecule has 8 heteroatoms. The summed E-state index contributed by atoms with van der Waals surface area (Å²) in [7, 11) is 0. The number of hydrogen-bond acceptors (Lipinski definition) is 3. The van der Waals surface area contributed by atoms with Gasteiger partial charge in [0.2, 0.25) is 0 Å². The minimum Gasteiger partial charge on any atom is -0.331 e. The van der Waals surface area contributed by atoms with Crippen LogP contribution in [0.4, 0.5) is 18.0 Å². The Labute approximate surface area is 133 Å². The highest BCUT2D eigenvalue weighted by Gasteiger charge is 2.41. The van der Waals surface area contributed by atoms with Crippen LogP contribution >= 0.6 is 0 Å². The van der Waals surface area contributed by atoms with Crippen LogP contribution < -0.4 is 5.32 Å². The first-order chi connectivity index (χ1) is 10.8. The maximum absolute atomic E-state index is 12.7. The molecule has 5 nitrogen and oxygen atoms in total. The van der Waals surface area contributed by atoms with Gasteiger partial charge in [0.15, 0.2) is 0 Å². The third-order valence-corrected chi connectivity index (χ3v) is 4.15. The topological polar surface area (TPSA) is 48.5 Å². The molecule has 0 saturated carbocycles. The second-order valence-electron chi connectivity index (χ2n) is 5.70. The van der Waals surface area contributed by atoms with Gasteiger partial charge in [0, 0.05) is 38.6 Å². The molecule has 2 heterocycles. The van der Waals surface area contributed by atoms with E-state index in [0.717, 1.165) is 12.5 Å². The van der Waals surface area contributed by atoms with Gasteiger partial charge in [-0.25, -0.2) is 4.79 Å². The second-order valence-corrected chi connectivity index (χ2v) is 5.70. The van der Waals surface area contributed by atoms with Gasteiger partial charge in [-0.05, 0) is 25.5 Å². The minimum atomic E-state index is -4.24. The lowest BCUT2D eigenvalue weighted by molar-refractivity contribution is -0.181. The van der Waals surface area contributed by atoms with E-state index in [-0.39, 0.29) is 38.3 Å². The van der Waals surface area contributed by atoms with Crippen LogP contribution in [0.3, 0.4) is 0 Å². The van der Waals surface area contributed by atoms with Crippen LogP contribution in [0.1, 0.15) is 25.5 Å². The van der Waals surface area contributed by atoms with E-state index >= 15 is 0 Å². The lowest BCUT2D eigenvalue weighted by Gasteiger charge is -2.38.